The number of nitrogens with zero attached hydrogens (tertiary/aromatic N) is 6. The maximum Gasteiger partial charge on any atom is 0.152 e. The van der Waals surface area contributed by atoms with Crippen LogP contribution in [0.15, 0.2) is 97.2 Å². The van der Waals surface area contributed by atoms with Crippen LogP contribution in [0.4, 0.5) is 0 Å². The Balaban J connectivity index is 1.50. The first kappa shape index (κ1) is 18.0. The van der Waals surface area contributed by atoms with Crippen LogP contribution >= 0.6 is 0 Å². The maximum atomic E-state index is 4.75. The van der Waals surface area contributed by atoms with Crippen molar-refractivity contribution in [2.45, 2.75) is 13.1 Å². The Bertz CT molecular complexity index is 1230. The van der Waals surface area contributed by atoms with Crippen LogP contribution in [-0.2, 0) is 13.1 Å². The molecule has 30 heavy (non-hydrogen) atoms. The number of benzene rings is 3. The van der Waals surface area contributed by atoms with Gasteiger partial charge in [-0.3, -0.25) is 4.68 Å². The minimum absolute atomic E-state index is 0.631. The molecule has 6 nitrogen and oxygen atoms in total. The molecule has 0 atom stereocenters. The predicted octanol–water partition coefficient (Wildman–Crippen LogP) is 3.32. The highest BCUT2D eigenvalue weighted by atomic mass is 15.5. The molecule has 0 amide bonds. The lowest BCUT2D eigenvalue weighted by molar-refractivity contribution is -0.750. The number of para-hydroxylation sites is 1. The average molecular weight is 392 g/mol. The fourth-order valence-corrected chi connectivity index (χ4v) is 3.34. The smallest absolute Gasteiger partial charge is 0.152 e. The van der Waals surface area contributed by atoms with Gasteiger partial charge in [0.2, 0.25) is 0 Å². The van der Waals surface area contributed by atoms with Crippen molar-refractivity contribution < 1.29 is 4.68 Å². The van der Waals surface area contributed by atoms with E-state index in [1.807, 2.05) is 87.0 Å². The van der Waals surface area contributed by atoms with Gasteiger partial charge in [0.25, 0.3) is 0 Å². The number of rotatable bonds is 6. The molecule has 0 aliphatic carbocycles. The van der Waals surface area contributed by atoms with Crippen LogP contribution in [0.5, 0.6) is 0 Å². The summed E-state index contributed by atoms with van der Waals surface area (Å²) in [6.07, 6.45) is 5.31. The summed E-state index contributed by atoms with van der Waals surface area (Å²) in [6, 6.07) is 30.5. The van der Waals surface area contributed by atoms with Gasteiger partial charge < -0.3 is 0 Å². The summed E-state index contributed by atoms with van der Waals surface area (Å²) in [6.45, 7) is 1.29. The van der Waals surface area contributed by atoms with Crippen LogP contribution < -0.4 is 4.68 Å². The molecule has 5 aromatic rings. The molecular weight excluding hydrogens is 372 g/mol. The molecule has 0 bridgehead atoms. The third-order valence-electron chi connectivity index (χ3n) is 4.79. The molecule has 3 aromatic carbocycles. The van der Waals surface area contributed by atoms with Gasteiger partial charge in [0.1, 0.15) is 6.54 Å². The van der Waals surface area contributed by atoms with E-state index in [4.69, 9.17) is 5.21 Å². The molecule has 2 heterocycles. The zero-order chi connectivity index (χ0) is 20.2. The van der Waals surface area contributed by atoms with Gasteiger partial charge in [0, 0.05) is 11.9 Å². The van der Waals surface area contributed by atoms with Gasteiger partial charge in [-0.2, -0.15) is 0 Å². The van der Waals surface area contributed by atoms with Crippen molar-refractivity contribution in [3.63, 3.8) is 0 Å². The summed E-state index contributed by atoms with van der Waals surface area (Å²) in [5.41, 5.74) is 4.79. The second-order valence-electron chi connectivity index (χ2n) is 7.03. The van der Waals surface area contributed by atoms with Crippen LogP contribution in [0.1, 0.15) is 11.1 Å². The minimum Gasteiger partial charge on any atom is -0.267 e. The van der Waals surface area contributed by atoms with Crippen LogP contribution in [0.2, 0.25) is 0 Å². The molecule has 0 aliphatic heterocycles. The summed E-state index contributed by atoms with van der Waals surface area (Å²) in [5, 5.41) is 13.5. The van der Waals surface area contributed by atoms with Gasteiger partial charge >= 0.3 is 0 Å². The molecule has 146 valence electrons. The van der Waals surface area contributed by atoms with Gasteiger partial charge in [-0.05, 0) is 29.5 Å². The first-order valence-corrected chi connectivity index (χ1v) is 9.81. The zero-order valence-corrected chi connectivity index (χ0v) is 16.3. The normalized spacial score (nSPS) is 10.9. The Labute approximate surface area is 174 Å². The van der Waals surface area contributed by atoms with Crippen molar-refractivity contribution in [1.29, 1.82) is 0 Å². The highest BCUT2D eigenvalue weighted by Gasteiger charge is 2.14. The van der Waals surface area contributed by atoms with E-state index in [2.05, 4.69) is 40.8 Å². The van der Waals surface area contributed by atoms with Gasteiger partial charge in [-0.25, -0.2) is 9.78 Å². The SMILES string of the molecule is [c-]1c(-c2cn(Cc3ccccc3)nn2)n(-c2ccccc2)n[n+]1Cc1ccccc1. The predicted molar refractivity (Wildman–Crippen MR) is 113 cm³/mol. The molecule has 0 N–H and O–H groups in total. The Morgan fingerprint density at radius 2 is 1.40 bits per heavy atom. The van der Waals surface area contributed by atoms with Crippen LogP contribution in [-0.4, -0.2) is 24.9 Å². The van der Waals surface area contributed by atoms with Crippen molar-refractivity contribution in [2.75, 3.05) is 0 Å². The summed E-state index contributed by atoms with van der Waals surface area (Å²) in [5.74, 6) is 0. The minimum atomic E-state index is 0.631. The van der Waals surface area contributed by atoms with E-state index < -0.39 is 0 Å². The van der Waals surface area contributed by atoms with E-state index in [0.29, 0.717) is 13.1 Å². The monoisotopic (exact) mass is 392 g/mol. The molecular formula is C24H20N6. The number of hydrogen-bond acceptors (Lipinski definition) is 3. The lowest BCUT2D eigenvalue weighted by atomic mass is 10.2. The van der Waals surface area contributed by atoms with Gasteiger partial charge in [-0.15, -0.1) is 4.68 Å². The fourth-order valence-electron chi connectivity index (χ4n) is 3.34. The molecule has 0 aliphatic rings. The standard InChI is InChI=1S/C24H20N6/c1-4-10-20(11-5-1)16-28-18-23(25-26-28)24-19-29(17-21-12-6-2-7-13-21)27-30(24)22-14-8-3-9-15-22/h1-15,18H,16-17H2. The van der Waals surface area contributed by atoms with Crippen molar-refractivity contribution >= 4 is 0 Å². The second kappa shape index (κ2) is 8.13. The number of aromatic nitrogens is 6. The first-order chi connectivity index (χ1) is 14.8. The Morgan fingerprint density at radius 3 is 2.10 bits per heavy atom. The topological polar surface area (TPSA) is 52.4 Å². The molecule has 0 saturated heterocycles. The summed E-state index contributed by atoms with van der Waals surface area (Å²) in [7, 11) is 0. The average Bonchev–Trinajstić information content (AvgIpc) is 3.43. The zero-order valence-electron chi connectivity index (χ0n) is 16.3. The highest BCUT2D eigenvalue weighted by molar-refractivity contribution is 5.53. The molecule has 0 fully saturated rings. The van der Waals surface area contributed by atoms with Crippen LogP contribution in [0.3, 0.4) is 0 Å². The second-order valence-corrected chi connectivity index (χ2v) is 7.03. The van der Waals surface area contributed by atoms with Crippen LogP contribution in [0.25, 0.3) is 17.1 Å². The van der Waals surface area contributed by atoms with Gasteiger partial charge in [0.15, 0.2) is 5.69 Å². The van der Waals surface area contributed by atoms with E-state index in [1.165, 1.54) is 5.56 Å². The Morgan fingerprint density at radius 1 is 0.767 bits per heavy atom. The van der Waals surface area contributed by atoms with E-state index in [1.54, 1.807) is 0 Å². The number of hydrogen-bond donors (Lipinski definition) is 0. The van der Waals surface area contributed by atoms with Crippen molar-refractivity contribution in [2.24, 2.45) is 0 Å². The largest absolute Gasteiger partial charge is 0.267 e. The van der Waals surface area contributed by atoms with Crippen molar-refractivity contribution in [3.05, 3.63) is 115 Å². The van der Waals surface area contributed by atoms with E-state index >= 15 is 0 Å². The van der Waals surface area contributed by atoms with E-state index in [0.717, 1.165) is 22.6 Å². The first-order valence-electron chi connectivity index (χ1n) is 9.81. The summed E-state index contributed by atoms with van der Waals surface area (Å²) >= 11 is 0. The van der Waals surface area contributed by atoms with Crippen molar-refractivity contribution in [3.8, 4) is 17.1 Å². The highest BCUT2D eigenvalue weighted by Crippen LogP contribution is 2.18. The molecule has 0 spiro atoms. The van der Waals surface area contributed by atoms with E-state index in [9.17, 15) is 0 Å². The van der Waals surface area contributed by atoms with Crippen molar-refractivity contribution in [1.82, 2.24) is 24.9 Å². The van der Waals surface area contributed by atoms with Gasteiger partial charge in [0.05, 0.1) is 17.5 Å². The third kappa shape index (κ3) is 3.89. The Hall–Kier alpha value is -4.06. The summed E-state index contributed by atoms with van der Waals surface area (Å²) < 4.78 is 5.51. The molecule has 0 saturated carbocycles. The fraction of sp³-hybridized carbons (Fsp3) is 0.0833. The molecule has 2 aromatic heterocycles. The molecule has 0 unspecified atom stereocenters. The maximum absolute atomic E-state index is 4.75. The third-order valence-corrected chi connectivity index (χ3v) is 4.79. The summed E-state index contributed by atoms with van der Waals surface area (Å²) in [4.78, 5) is 0. The van der Waals surface area contributed by atoms with Gasteiger partial charge in [-0.1, -0.05) is 84.1 Å². The lowest BCUT2D eigenvalue weighted by Gasteiger charge is -2.02. The quantitative estimate of drug-likeness (QED) is 0.329. The molecule has 0 radical (unpaired) electrons. The Kier molecular flexibility index (Phi) is 4.88. The molecule has 5 rings (SSSR count). The molecule has 6 heteroatoms. The van der Waals surface area contributed by atoms with Crippen LogP contribution in [0, 0.1) is 6.20 Å². The lowest BCUT2D eigenvalue weighted by Crippen LogP contribution is -2.37. The van der Waals surface area contributed by atoms with E-state index in [-0.39, 0.29) is 0 Å².